The van der Waals surface area contributed by atoms with E-state index in [9.17, 15) is 9.59 Å². The van der Waals surface area contributed by atoms with Crippen molar-refractivity contribution < 1.29 is 28.5 Å². The molecule has 1 amide bonds. The van der Waals surface area contributed by atoms with Crippen LogP contribution in [0.25, 0.3) is 17.1 Å². The number of hydrazone groups is 1. The molecule has 0 aliphatic heterocycles. The predicted octanol–water partition coefficient (Wildman–Crippen LogP) is 4.52. The Labute approximate surface area is 241 Å². The van der Waals surface area contributed by atoms with Crippen molar-refractivity contribution in [2.75, 3.05) is 27.1 Å². The molecule has 0 bridgehead atoms. The van der Waals surface area contributed by atoms with Crippen LogP contribution in [0.15, 0.2) is 77.0 Å². The zero-order valence-electron chi connectivity index (χ0n) is 23.2. The highest BCUT2D eigenvalue weighted by atomic mass is 32.2. The van der Waals surface area contributed by atoms with Gasteiger partial charge in [-0.15, -0.1) is 10.2 Å². The Hall–Kier alpha value is -4.84. The van der Waals surface area contributed by atoms with Gasteiger partial charge in [-0.3, -0.25) is 14.2 Å². The lowest BCUT2D eigenvalue weighted by molar-refractivity contribution is -0.131. The molecule has 4 aromatic rings. The summed E-state index contributed by atoms with van der Waals surface area (Å²) in [6, 6.07) is 20.0. The number of benzene rings is 3. The third-order valence-corrected chi connectivity index (χ3v) is 6.71. The van der Waals surface area contributed by atoms with E-state index in [1.165, 1.54) is 18.7 Å². The van der Waals surface area contributed by atoms with E-state index in [1.54, 1.807) is 64.7 Å². The quantitative estimate of drug-likeness (QED) is 0.0903. The monoisotopic (exact) mass is 575 g/mol. The van der Waals surface area contributed by atoms with Gasteiger partial charge in [0.25, 0.3) is 5.91 Å². The van der Waals surface area contributed by atoms with E-state index in [2.05, 4.69) is 20.7 Å². The Morgan fingerprint density at radius 3 is 2.15 bits per heavy atom. The van der Waals surface area contributed by atoms with Gasteiger partial charge in [0, 0.05) is 18.2 Å². The lowest BCUT2D eigenvalue weighted by Gasteiger charge is -2.15. The minimum Gasteiger partial charge on any atom is -0.493 e. The Morgan fingerprint density at radius 2 is 1.56 bits per heavy atom. The Kier molecular flexibility index (Phi) is 9.59. The SMILES string of the molecule is COc1cc(-c2nnc(SCC(=O)N/N=C(\C)c3ccc(OC(C)=O)cc3)n2-c2ccccc2)cc(OC)c1OC. The summed E-state index contributed by atoms with van der Waals surface area (Å²) in [7, 11) is 4.63. The molecular formula is C29H29N5O6S. The van der Waals surface area contributed by atoms with E-state index in [4.69, 9.17) is 18.9 Å². The topological polar surface area (TPSA) is 126 Å². The summed E-state index contributed by atoms with van der Waals surface area (Å²) in [6.45, 7) is 3.11. The number of methoxy groups -OCH3 is 3. The maximum absolute atomic E-state index is 12.7. The molecule has 0 unspecified atom stereocenters. The molecule has 41 heavy (non-hydrogen) atoms. The van der Waals surface area contributed by atoms with Crippen LogP contribution in [-0.2, 0) is 9.59 Å². The van der Waals surface area contributed by atoms with Crippen LogP contribution in [0.5, 0.6) is 23.0 Å². The van der Waals surface area contributed by atoms with Crippen LogP contribution in [0, 0.1) is 0 Å². The number of hydrogen-bond donors (Lipinski definition) is 1. The number of rotatable bonds is 11. The van der Waals surface area contributed by atoms with E-state index in [1.807, 2.05) is 34.9 Å². The Balaban J connectivity index is 1.54. The second-order valence-corrected chi connectivity index (χ2v) is 9.47. The van der Waals surface area contributed by atoms with E-state index < -0.39 is 5.97 Å². The molecule has 0 aliphatic carbocycles. The lowest BCUT2D eigenvalue weighted by atomic mass is 10.1. The molecule has 0 aliphatic rings. The first-order valence-electron chi connectivity index (χ1n) is 12.4. The van der Waals surface area contributed by atoms with E-state index in [0.717, 1.165) is 11.3 Å². The molecule has 0 saturated carbocycles. The summed E-state index contributed by atoms with van der Waals surface area (Å²) < 4.78 is 23.4. The highest BCUT2D eigenvalue weighted by Gasteiger charge is 2.21. The van der Waals surface area contributed by atoms with Crippen LogP contribution < -0.4 is 24.4 Å². The first-order valence-corrected chi connectivity index (χ1v) is 13.4. The molecule has 0 atom stereocenters. The second kappa shape index (κ2) is 13.5. The van der Waals surface area contributed by atoms with Gasteiger partial charge in [0.15, 0.2) is 22.5 Å². The Bertz CT molecular complexity index is 1530. The third kappa shape index (κ3) is 7.03. The fraction of sp³-hybridized carbons (Fsp3) is 0.207. The standard InChI is InChI=1S/C29H29N5O6S/c1-18(20-11-13-23(14-12-20)40-19(2)35)30-31-26(36)17-41-29-33-32-28(34(29)22-9-7-6-8-10-22)21-15-24(37-3)27(39-5)25(16-21)38-4/h6-16H,17H2,1-5H3,(H,31,36)/b30-18+. The molecular weight excluding hydrogens is 546 g/mol. The van der Waals surface area contributed by atoms with Crippen LogP contribution in [-0.4, -0.2) is 59.4 Å². The van der Waals surface area contributed by atoms with E-state index >= 15 is 0 Å². The van der Waals surface area contributed by atoms with Gasteiger partial charge in [-0.1, -0.05) is 30.0 Å². The molecule has 3 aromatic carbocycles. The molecule has 1 heterocycles. The number of para-hydroxylation sites is 1. The number of carbonyl (C=O) groups is 2. The van der Waals surface area contributed by atoms with Gasteiger partial charge in [0.1, 0.15) is 5.75 Å². The van der Waals surface area contributed by atoms with Crippen molar-refractivity contribution in [1.29, 1.82) is 0 Å². The summed E-state index contributed by atoms with van der Waals surface area (Å²) in [5.41, 5.74) is 5.44. The summed E-state index contributed by atoms with van der Waals surface area (Å²) in [4.78, 5) is 23.8. The number of thioether (sulfide) groups is 1. The number of nitrogens with one attached hydrogen (secondary N) is 1. The maximum Gasteiger partial charge on any atom is 0.308 e. The van der Waals surface area contributed by atoms with Crippen LogP contribution in [0.2, 0.25) is 0 Å². The van der Waals surface area contributed by atoms with E-state index in [0.29, 0.717) is 45.3 Å². The van der Waals surface area contributed by atoms with Crippen molar-refractivity contribution in [2.45, 2.75) is 19.0 Å². The highest BCUT2D eigenvalue weighted by molar-refractivity contribution is 7.99. The molecule has 0 saturated heterocycles. The molecule has 0 radical (unpaired) electrons. The fourth-order valence-electron chi connectivity index (χ4n) is 3.87. The van der Waals surface area contributed by atoms with Crippen LogP contribution >= 0.6 is 11.8 Å². The molecule has 0 spiro atoms. The summed E-state index contributed by atoms with van der Waals surface area (Å²) in [5.74, 6) is 1.72. The fourth-order valence-corrected chi connectivity index (χ4v) is 4.62. The van der Waals surface area contributed by atoms with Crippen LogP contribution in [0.1, 0.15) is 19.4 Å². The average molecular weight is 576 g/mol. The molecule has 4 rings (SSSR count). The molecule has 12 heteroatoms. The molecule has 212 valence electrons. The largest absolute Gasteiger partial charge is 0.493 e. The highest BCUT2D eigenvalue weighted by Crippen LogP contribution is 2.41. The number of carbonyl (C=O) groups excluding carboxylic acids is 2. The number of ether oxygens (including phenoxy) is 4. The third-order valence-electron chi connectivity index (χ3n) is 5.79. The van der Waals surface area contributed by atoms with Gasteiger partial charge >= 0.3 is 5.97 Å². The number of nitrogens with zero attached hydrogens (tertiary/aromatic N) is 4. The molecule has 11 nitrogen and oxygen atoms in total. The van der Waals surface area contributed by atoms with Gasteiger partial charge in [0.2, 0.25) is 5.75 Å². The predicted molar refractivity (Wildman–Crippen MR) is 155 cm³/mol. The van der Waals surface area contributed by atoms with Gasteiger partial charge in [-0.2, -0.15) is 5.10 Å². The van der Waals surface area contributed by atoms with Crippen LogP contribution in [0.3, 0.4) is 0 Å². The summed E-state index contributed by atoms with van der Waals surface area (Å²) in [5, 5.41) is 13.5. The van der Waals surface area contributed by atoms with Crippen molar-refractivity contribution >= 4 is 29.4 Å². The summed E-state index contributed by atoms with van der Waals surface area (Å²) >= 11 is 1.22. The first kappa shape index (κ1) is 29.2. The van der Waals surface area contributed by atoms with Crippen molar-refractivity contribution in [3.63, 3.8) is 0 Å². The maximum atomic E-state index is 12.7. The Morgan fingerprint density at radius 1 is 0.902 bits per heavy atom. The minimum absolute atomic E-state index is 0.0440. The number of hydrogen-bond acceptors (Lipinski definition) is 10. The van der Waals surface area contributed by atoms with Gasteiger partial charge < -0.3 is 18.9 Å². The van der Waals surface area contributed by atoms with Gasteiger partial charge in [0.05, 0.1) is 32.8 Å². The second-order valence-electron chi connectivity index (χ2n) is 8.53. The molecule has 0 fully saturated rings. The minimum atomic E-state index is -0.397. The zero-order valence-corrected chi connectivity index (χ0v) is 24.0. The van der Waals surface area contributed by atoms with Gasteiger partial charge in [-0.05, 0) is 61.0 Å². The lowest BCUT2D eigenvalue weighted by Crippen LogP contribution is -2.21. The van der Waals surface area contributed by atoms with Crippen molar-refractivity contribution in [1.82, 2.24) is 20.2 Å². The van der Waals surface area contributed by atoms with Crippen LogP contribution in [0.4, 0.5) is 0 Å². The van der Waals surface area contributed by atoms with Crippen molar-refractivity contribution in [3.05, 3.63) is 72.3 Å². The van der Waals surface area contributed by atoms with E-state index in [-0.39, 0.29) is 11.7 Å². The molecule has 1 N–H and O–H groups in total. The average Bonchev–Trinajstić information content (AvgIpc) is 3.42. The zero-order chi connectivity index (χ0) is 29.4. The van der Waals surface area contributed by atoms with Crippen molar-refractivity contribution in [2.24, 2.45) is 5.10 Å². The first-order chi connectivity index (χ1) is 19.8. The normalized spacial score (nSPS) is 11.1. The number of esters is 1. The summed E-state index contributed by atoms with van der Waals surface area (Å²) in [6.07, 6.45) is 0. The number of amides is 1. The molecule has 1 aromatic heterocycles. The van der Waals surface area contributed by atoms with Gasteiger partial charge in [-0.25, -0.2) is 5.43 Å². The number of aromatic nitrogens is 3. The van der Waals surface area contributed by atoms with Crippen molar-refractivity contribution in [3.8, 4) is 40.1 Å². The smallest absolute Gasteiger partial charge is 0.308 e.